The van der Waals surface area contributed by atoms with Gasteiger partial charge in [-0.2, -0.15) is 0 Å². The van der Waals surface area contributed by atoms with Crippen molar-refractivity contribution < 1.29 is 14.3 Å². The number of hydrogen-bond donors (Lipinski definition) is 1. The van der Waals surface area contributed by atoms with E-state index in [0.29, 0.717) is 32.8 Å². The number of nitrogens with zero attached hydrogens (tertiary/aromatic N) is 3. The molecule has 7 heteroatoms. The quantitative estimate of drug-likeness (QED) is 0.766. The lowest BCUT2D eigenvalue weighted by Crippen LogP contribution is -2.54. The Labute approximate surface area is 145 Å². The van der Waals surface area contributed by atoms with E-state index in [1.807, 2.05) is 32.6 Å². The predicted octanol–water partition coefficient (Wildman–Crippen LogP) is -0.234. The van der Waals surface area contributed by atoms with Crippen molar-refractivity contribution in [1.82, 2.24) is 20.0 Å². The van der Waals surface area contributed by atoms with Crippen LogP contribution in [0.2, 0.25) is 0 Å². The lowest BCUT2D eigenvalue weighted by molar-refractivity contribution is -0.140. The topological polar surface area (TPSA) is 65.1 Å². The zero-order chi connectivity index (χ0) is 17.7. The van der Waals surface area contributed by atoms with Crippen molar-refractivity contribution >= 4 is 11.8 Å². The van der Waals surface area contributed by atoms with Gasteiger partial charge in [0, 0.05) is 44.8 Å². The Morgan fingerprint density at radius 3 is 2.17 bits per heavy atom. The van der Waals surface area contributed by atoms with Gasteiger partial charge in [0.25, 0.3) is 0 Å². The largest absolute Gasteiger partial charge is 0.375 e. The first kappa shape index (κ1) is 19.1. The van der Waals surface area contributed by atoms with E-state index in [1.54, 1.807) is 0 Å². The van der Waals surface area contributed by atoms with Gasteiger partial charge < -0.3 is 15.0 Å². The second kappa shape index (κ2) is 8.27. The third-order valence-corrected chi connectivity index (χ3v) is 4.30. The van der Waals surface area contributed by atoms with E-state index < -0.39 is 0 Å². The lowest BCUT2D eigenvalue weighted by Gasteiger charge is -2.37. The minimum Gasteiger partial charge on any atom is -0.375 e. The number of carbonyl (C=O) groups excluding carboxylic acids is 2. The van der Waals surface area contributed by atoms with Crippen molar-refractivity contribution in [2.24, 2.45) is 0 Å². The molecule has 0 saturated carbocycles. The molecule has 0 aromatic carbocycles. The molecular weight excluding hydrogens is 308 g/mol. The SMILES string of the molecule is CC1CN(C(=O)CN2CCN(CC(=O)NC(C)(C)C)CC2)CCO1. The zero-order valence-electron chi connectivity index (χ0n) is 15.5. The van der Waals surface area contributed by atoms with E-state index in [9.17, 15) is 9.59 Å². The molecule has 2 fully saturated rings. The Morgan fingerprint density at radius 2 is 1.62 bits per heavy atom. The van der Waals surface area contributed by atoms with E-state index in [-0.39, 0.29) is 23.5 Å². The van der Waals surface area contributed by atoms with Crippen LogP contribution in [-0.4, -0.2) is 97.1 Å². The van der Waals surface area contributed by atoms with E-state index in [1.165, 1.54) is 0 Å². The van der Waals surface area contributed by atoms with Gasteiger partial charge in [0.05, 0.1) is 25.8 Å². The number of piperazine rings is 1. The molecule has 0 aromatic heterocycles. The molecule has 0 radical (unpaired) electrons. The molecule has 0 bridgehead atoms. The van der Waals surface area contributed by atoms with Gasteiger partial charge in [0.2, 0.25) is 11.8 Å². The minimum atomic E-state index is -0.194. The number of amides is 2. The van der Waals surface area contributed by atoms with Crippen LogP contribution in [0.3, 0.4) is 0 Å². The molecular formula is C17H32N4O3. The summed E-state index contributed by atoms with van der Waals surface area (Å²) in [6.07, 6.45) is 0.126. The van der Waals surface area contributed by atoms with Crippen LogP contribution in [0.5, 0.6) is 0 Å². The average Bonchev–Trinajstić information content (AvgIpc) is 2.47. The second-order valence-electron chi connectivity index (χ2n) is 7.87. The fourth-order valence-corrected chi connectivity index (χ4v) is 3.10. The molecule has 1 unspecified atom stereocenters. The maximum Gasteiger partial charge on any atom is 0.236 e. The fourth-order valence-electron chi connectivity index (χ4n) is 3.10. The molecule has 2 aliphatic heterocycles. The van der Waals surface area contributed by atoms with E-state index >= 15 is 0 Å². The molecule has 7 nitrogen and oxygen atoms in total. The lowest BCUT2D eigenvalue weighted by atomic mass is 10.1. The first-order valence-corrected chi connectivity index (χ1v) is 8.88. The van der Waals surface area contributed by atoms with Gasteiger partial charge in [-0.15, -0.1) is 0 Å². The van der Waals surface area contributed by atoms with Gasteiger partial charge in [-0.25, -0.2) is 0 Å². The monoisotopic (exact) mass is 340 g/mol. The van der Waals surface area contributed by atoms with Gasteiger partial charge in [0.15, 0.2) is 0 Å². The van der Waals surface area contributed by atoms with Gasteiger partial charge in [-0.05, 0) is 27.7 Å². The zero-order valence-corrected chi connectivity index (χ0v) is 15.5. The first-order chi connectivity index (χ1) is 11.2. The summed E-state index contributed by atoms with van der Waals surface area (Å²) in [4.78, 5) is 30.6. The number of rotatable bonds is 4. The maximum atomic E-state index is 12.4. The number of nitrogens with one attached hydrogen (secondary N) is 1. The molecule has 2 saturated heterocycles. The molecule has 2 aliphatic rings. The molecule has 0 aliphatic carbocycles. The third kappa shape index (κ3) is 6.37. The fraction of sp³-hybridized carbons (Fsp3) is 0.882. The Balaban J connectivity index is 1.69. The van der Waals surface area contributed by atoms with Gasteiger partial charge in [-0.1, -0.05) is 0 Å². The smallest absolute Gasteiger partial charge is 0.236 e. The standard InChI is InChI=1S/C17H32N4O3/c1-14-11-21(9-10-24-14)16(23)13-20-7-5-19(6-8-20)12-15(22)18-17(2,3)4/h14H,5-13H2,1-4H3,(H,18,22). The highest BCUT2D eigenvalue weighted by atomic mass is 16.5. The molecule has 1 N–H and O–H groups in total. The van der Waals surface area contributed by atoms with Gasteiger partial charge >= 0.3 is 0 Å². The van der Waals surface area contributed by atoms with Crippen molar-refractivity contribution in [3.8, 4) is 0 Å². The Kier molecular flexibility index (Phi) is 6.60. The van der Waals surface area contributed by atoms with Gasteiger partial charge in [0.1, 0.15) is 0 Å². The summed E-state index contributed by atoms with van der Waals surface area (Å²) in [7, 11) is 0. The van der Waals surface area contributed by atoms with Crippen LogP contribution in [0.1, 0.15) is 27.7 Å². The number of hydrogen-bond acceptors (Lipinski definition) is 5. The highest BCUT2D eigenvalue weighted by molar-refractivity contribution is 5.79. The third-order valence-electron chi connectivity index (χ3n) is 4.30. The van der Waals surface area contributed by atoms with Crippen molar-refractivity contribution in [1.29, 1.82) is 0 Å². The van der Waals surface area contributed by atoms with Crippen LogP contribution in [0.15, 0.2) is 0 Å². The summed E-state index contributed by atoms with van der Waals surface area (Å²) in [5.74, 6) is 0.249. The molecule has 138 valence electrons. The Morgan fingerprint density at radius 1 is 1.04 bits per heavy atom. The summed E-state index contributed by atoms with van der Waals surface area (Å²) in [6, 6.07) is 0. The predicted molar refractivity (Wildman–Crippen MR) is 92.8 cm³/mol. The van der Waals surface area contributed by atoms with Crippen LogP contribution in [0, 0.1) is 0 Å². The highest BCUT2D eigenvalue weighted by Crippen LogP contribution is 2.07. The van der Waals surface area contributed by atoms with Crippen molar-refractivity contribution in [2.75, 3.05) is 59.0 Å². The first-order valence-electron chi connectivity index (χ1n) is 8.88. The molecule has 2 amide bonds. The molecule has 1 atom stereocenters. The molecule has 0 aromatic rings. The van der Waals surface area contributed by atoms with Crippen LogP contribution in [-0.2, 0) is 14.3 Å². The highest BCUT2D eigenvalue weighted by Gasteiger charge is 2.26. The van der Waals surface area contributed by atoms with Crippen LogP contribution >= 0.6 is 0 Å². The maximum absolute atomic E-state index is 12.4. The van der Waals surface area contributed by atoms with Crippen molar-refractivity contribution in [3.63, 3.8) is 0 Å². The van der Waals surface area contributed by atoms with Crippen molar-refractivity contribution in [3.05, 3.63) is 0 Å². The second-order valence-corrected chi connectivity index (χ2v) is 7.87. The summed E-state index contributed by atoms with van der Waals surface area (Å²) < 4.78 is 5.48. The van der Waals surface area contributed by atoms with Crippen molar-refractivity contribution in [2.45, 2.75) is 39.3 Å². The summed E-state index contributed by atoms with van der Waals surface area (Å²) in [6.45, 7) is 14.2. The Hall–Kier alpha value is -1.18. The van der Waals surface area contributed by atoms with Gasteiger partial charge in [-0.3, -0.25) is 19.4 Å². The normalized spacial score (nSPS) is 24.0. The number of carbonyl (C=O) groups is 2. The minimum absolute atomic E-state index is 0.0642. The average molecular weight is 340 g/mol. The molecule has 24 heavy (non-hydrogen) atoms. The summed E-state index contributed by atoms with van der Waals surface area (Å²) >= 11 is 0. The van der Waals surface area contributed by atoms with E-state index in [2.05, 4.69) is 15.1 Å². The number of ether oxygens (including phenoxy) is 1. The Bertz CT molecular complexity index is 442. The summed E-state index contributed by atoms with van der Waals surface area (Å²) in [5, 5.41) is 2.99. The van der Waals surface area contributed by atoms with Crippen LogP contribution in [0.25, 0.3) is 0 Å². The van der Waals surface area contributed by atoms with Crippen LogP contribution < -0.4 is 5.32 Å². The van der Waals surface area contributed by atoms with E-state index in [4.69, 9.17) is 4.74 Å². The number of morpholine rings is 1. The summed E-state index contributed by atoms with van der Waals surface area (Å²) in [5.41, 5.74) is -0.194. The molecule has 2 heterocycles. The van der Waals surface area contributed by atoms with Crippen LogP contribution in [0.4, 0.5) is 0 Å². The molecule has 2 rings (SSSR count). The molecule has 0 spiro atoms. The van der Waals surface area contributed by atoms with E-state index in [0.717, 1.165) is 26.2 Å².